The van der Waals surface area contributed by atoms with Gasteiger partial charge in [0.1, 0.15) is 11.3 Å². The Labute approximate surface area is 178 Å². The van der Waals surface area contributed by atoms with Crippen molar-refractivity contribution in [3.63, 3.8) is 0 Å². The highest BCUT2D eigenvalue weighted by atomic mass is 32.1. The molecule has 7 heteroatoms. The highest BCUT2D eigenvalue weighted by Crippen LogP contribution is 2.42. The molecule has 0 unspecified atom stereocenters. The maximum Gasteiger partial charge on any atom is 0.274 e. The molecule has 0 bridgehead atoms. The van der Waals surface area contributed by atoms with Gasteiger partial charge >= 0.3 is 0 Å². The summed E-state index contributed by atoms with van der Waals surface area (Å²) in [6.07, 6.45) is 4.45. The Bertz CT molecular complexity index is 1180. The normalized spacial score (nSPS) is 15.8. The molecule has 6 nitrogen and oxygen atoms in total. The van der Waals surface area contributed by atoms with E-state index in [1.165, 1.54) is 5.56 Å². The molecule has 5 rings (SSSR count). The molecule has 0 radical (unpaired) electrons. The number of imidazole rings is 1. The van der Waals surface area contributed by atoms with Crippen LogP contribution in [0.1, 0.15) is 32.5 Å². The van der Waals surface area contributed by atoms with Gasteiger partial charge in [-0.15, -0.1) is 11.3 Å². The Morgan fingerprint density at radius 1 is 1.13 bits per heavy atom. The van der Waals surface area contributed by atoms with E-state index in [1.807, 2.05) is 57.3 Å². The highest BCUT2D eigenvalue weighted by molar-refractivity contribution is 7.10. The Kier molecular flexibility index (Phi) is 4.67. The largest absolute Gasteiger partial charge is 0.493 e. The average Bonchev–Trinajstić information content (AvgIpc) is 3.46. The van der Waals surface area contributed by atoms with E-state index < -0.39 is 0 Å². The van der Waals surface area contributed by atoms with E-state index in [0.29, 0.717) is 23.7 Å². The van der Waals surface area contributed by atoms with Crippen molar-refractivity contribution in [3.05, 3.63) is 81.9 Å². The summed E-state index contributed by atoms with van der Waals surface area (Å²) in [7, 11) is 3.27. The summed E-state index contributed by atoms with van der Waals surface area (Å²) in [4.78, 5) is 21.1. The molecule has 0 spiro atoms. The molecular formula is C23H21N3O3S. The van der Waals surface area contributed by atoms with Crippen LogP contribution in [-0.2, 0) is 6.42 Å². The first-order valence-corrected chi connectivity index (χ1v) is 10.6. The number of aromatic nitrogens is 2. The number of methoxy groups -OCH3 is 2. The zero-order valence-corrected chi connectivity index (χ0v) is 17.6. The van der Waals surface area contributed by atoms with E-state index in [0.717, 1.165) is 22.5 Å². The molecule has 1 amide bonds. The third-order valence-electron chi connectivity index (χ3n) is 5.53. The lowest BCUT2D eigenvalue weighted by Gasteiger charge is -2.37. The Balaban J connectivity index is 1.61. The van der Waals surface area contributed by atoms with E-state index in [9.17, 15) is 4.79 Å². The summed E-state index contributed by atoms with van der Waals surface area (Å²) < 4.78 is 12.9. The van der Waals surface area contributed by atoms with E-state index in [4.69, 9.17) is 9.47 Å². The van der Waals surface area contributed by atoms with Crippen molar-refractivity contribution in [2.24, 2.45) is 0 Å². The molecule has 1 aromatic carbocycles. The molecule has 4 aromatic rings. The molecule has 1 aliphatic heterocycles. The van der Waals surface area contributed by atoms with Gasteiger partial charge in [-0.3, -0.25) is 4.79 Å². The number of hydrogen-bond acceptors (Lipinski definition) is 5. The van der Waals surface area contributed by atoms with Crippen LogP contribution in [0.4, 0.5) is 0 Å². The fourth-order valence-electron chi connectivity index (χ4n) is 4.10. The van der Waals surface area contributed by atoms with Gasteiger partial charge in [-0.2, -0.15) is 0 Å². The maximum absolute atomic E-state index is 13.6. The number of rotatable bonds is 4. The van der Waals surface area contributed by atoms with Crippen LogP contribution in [0.15, 0.2) is 60.2 Å². The molecule has 1 aliphatic rings. The highest BCUT2D eigenvalue weighted by Gasteiger charge is 2.35. The number of benzene rings is 1. The van der Waals surface area contributed by atoms with Crippen LogP contribution >= 0.6 is 11.3 Å². The number of hydrogen-bond donors (Lipinski definition) is 0. The lowest BCUT2D eigenvalue weighted by molar-refractivity contribution is 0.0691. The average molecular weight is 420 g/mol. The second-order valence-electron chi connectivity index (χ2n) is 7.16. The summed E-state index contributed by atoms with van der Waals surface area (Å²) in [5, 5.41) is 2.04. The van der Waals surface area contributed by atoms with Crippen LogP contribution in [0, 0.1) is 0 Å². The molecule has 0 saturated heterocycles. The second kappa shape index (κ2) is 7.50. The lowest BCUT2D eigenvalue weighted by Crippen LogP contribution is -2.40. The van der Waals surface area contributed by atoms with Crippen molar-refractivity contribution in [2.45, 2.75) is 12.5 Å². The third kappa shape index (κ3) is 3.02. The predicted octanol–water partition coefficient (Wildman–Crippen LogP) is 4.20. The fourth-order valence-corrected chi connectivity index (χ4v) is 4.96. The van der Waals surface area contributed by atoms with Gasteiger partial charge in [0, 0.05) is 23.8 Å². The molecule has 4 heterocycles. The van der Waals surface area contributed by atoms with E-state index in [-0.39, 0.29) is 11.9 Å². The molecule has 3 aromatic heterocycles. The van der Waals surface area contributed by atoms with Gasteiger partial charge in [0.25, 0.3) is 5.91 Å². The van der Waals surface area contributed by atoms with Gasteiger partial charge in [0.2, 0.25) is 0 Å². The summed E-state index contributed by atoms with van der Waals surface area (Å²) in [5.74, 6) is 1.30. The van der Waals surface area contributed by atoms with Crippen molar-refractivity contribution < 1.29 is 14.3 Å². The molecule has 0 aliphatic carbocycles. The number of amides is 1. The van der Waals surface area contributed by atoms with Crippen molar-refractivity contribution >= 4 is 22.9 Å². The minimum atomic E-state index is -0.189. The summed E-state index contributed by atoms with van der Waals surface area (Å²) in [6.45, 7) is 0.609. The van der Waals surface area contributed by atoms with Crippen molar-refractivity contribution in [3.8, 4) is 11.5 Å². The minimum absolute atomic E-state index is 0.0717. The number of thiophene rings is 1. The summed E-state index contributed by atoms with van der Waals surface area (Å²) >= 11 is 1.65. The van der Waals surface area contributed by atoms with Gasteiger partial charge < -0.3 is 18.8 Å². The number of pyridine rings is 1. The topological polar surface area (TPSA) is 56.1 Å². The van der Waals surface area contributed by atoms with Crippen LogP contribution in [0.25, 0.3) is 5.65 Å². The lowest BCUT2D eigenvalue weighted by atomic mass is 9.90. The molecule has 0 N–H and O–H groups in total. The van der Waals surface area contributed by atoms with Crippen molar-refractivity contribution in [1.82, 2.24) is 14.3 Å². The molecule has 0 fully saturated rings. The zero-order valence-electron chi connectivity index (χ0n) is 16.7. The summed E-state index contributed by atoms with van der Waals surface area (Å²) in [6, 6.07) is 13.7. The SMILES string of the molecule is COc1cc2c(cc1OC)[C@H](c1cccs1)N(C(=O)c1cn3ccccc3n1)CC2. The van der Waals surface area contributed by atoms with Gasteiger partial charge in [-0.1, -0.05) is 12.1 Å². The minimum Gasteiger partial charge on any atom is -0.493 e. The van der Waals surface area contributed by atoms with Crippen LogP contribution in [0.2, 0.25) is 0 Å². The van der Waals surface area contributed by atoms with Gasteiger partial charge in [-0.05, 0) is 53.3 Å². The fraction of sp³-hybridized carbons (Fsp3) is 0.217. The predicted molar refractivity (Wildman–Crippen MR) is 116 cm³/mol. The number of fused-ring (bicyclic) bond motifs is 2. The monoisotopic (exact) mass is 419 g/mol. The first kappa shape index (κ1) is 18.7. The van der Waals surface area contributed by atoms with Crippen LogP contribution < -0.4 is 9.47 Å². The van der Waals surface area contributed by atoms with Crippen LogP contribution in [-0.4, -0.2) is 41.0 Å². The van der Waals surface area contributed by atoms with Crippen LogP contribution in [0.5, 0.6) is 11.5 Å². The van der Waals surface area contributed by atoms with Gasteiger partial charge in [-0.25, -0.2) is 4.98 Å². The number of nitrogens with zero attached hydrogens (tertiary/aromatic N) is 3. The van der Waals surface area contributed by atoms with Crippen molar-refractivity contribution in [2.75, 3.05) is 20.8 Å². The Morgan fingerprint density at radius 2 is 1.97 bits per heavy atom. The Morgan fingerprint density at radius 3 is 2.70 bits per heavy atom. The molecule has 30 heavy (non-hydrogen) atoms. The molecule has 1 atom stereocenters. The van der Waals surface area contributed by atoms with Gasteiger partial charge in [0.15, 0.2) is 11.5 Å². The smallest absolute Gasteiger partial charge is 0.274 e. The Hall–Kier alpha value is -3.32. The van der Waals surface area contributed by atoms with Crippen LogP contribution in [0.3, 0.4) is 0 Å². The van der Waals surface area contributed by atoms with E-state index in [1.54, 1.807) is 31.8 Å². The van der Waals surface area contributed by atoms with E-state index in [2.05, 4.69) is 11.1 Å². The van der Waals surface area contributed by atoms with Gasteiger partial charge in [0.05, 0.1) is 20.3 Å². The number of carbonyl (C=O) groups excluding carboxylic acids is 1. The second-order valence-corrected chi connectivity index (χ2v) is 8.14. The standard InChI is InChI=1S/C23H21N3O3S/c1-28-18-12-15-8-10-26(23(27)17-14-25-9-4-3-7-21(25)24-17)22(20-6-5-11-30-20)16(15)13-19(18)29-2/h3-7,9,11-14,22H,8,10H2,1-2H3/t22-/m1/s1. The van der Waals surface area contributed by atoms with E-state index >= 15 is 0 Å². The first-order chi connectivity index (χ1) is 14.7. The molecule has 0 saturated carbocycles. The molecular weight excluding hydrogens is 398 g/mol. The van der Waals surface area contributed by atoms with Crippen molar-refractivity contribution in [1.29, 1.82) is 0 Å². The number of carbonyl (C=O) groups is 1. The quantitative estimate of drug-likeness (QED) is 0.497. The molecule has 152 valence electrons. The zero-order chi connectivity index (χ0) is 20.7. The maximum atomic E-state index is 13.6. The number of ether oxygens (including phenoxy) is 2. The third-order valence-corrected chi connectivity index (χ3v) is 6.46. The summed E-state index contributed by atoms with van der Waals surface area (Å²) in [5.41, 5.74) is 3.45. The first-order valence-electron chi connectivity index (χ1n) is 9.72.